The van der Waals surface area contributed by atoms with E-state index in [0.717, 1.165) is 42.6 Å². The second kappa shape index (κ2) is 18.0. The molecule has 1 aliphatic carbocycles. The molecular weight excluding hydrogens is 661 g/mol. The molecule has 6 nitrogen and oxygen atoms in total. The zero-order valence-electron chi connectivity index (χ0n) is 32.8. The molecule has 1 aliphatic rings. The molecule has 53 heavy (non-hydrogen) atoms. The van der Waals surface area contributed by atoms with Crippen LogP contribution in [0.15, 0.2) is 97.1 Å². The van der Waals surface area contributed by atoms with Gasteiger partial charge in [-0.05, 0) is 123 Å². The molecule has 0 bridgehead atoms. The van der Waals surface area contributed by atoms with Crippen LogP contribution >= 0.6 is 0 Å². The third-order valence-corrected chi connectivity index (χ3v) is 11.1. The van der Waals surface area contributed by atoms with Crippen LogP contribution in [0, 0.1) is 11.8 Å². The molecule has 6 heteroatoms. The van der Waals surface area contributed by atoms with Crippen molar-refractivity contribution in [3.8, 4) is 34.1 Å². The van der Waals surface area contributed by atoms with E-state index in [1.54, 1.807) is 0 Å². The molecule has 3 atom stereocenters. The van der Waals surface area contributed by atoms with Crippen molar-refractivity contribution < 1.29 is 28.5 Å². The number of hydrogen-bond acceptors (Lipinski definition) is 6. The molecule has 0 N–H and O–H groups in total. The smallest absolute Gasteiger partial charge is 0.318 e. The molecule has 4 aromatic carbocycles. The third kappa shape index (κ3) is 9.90. The third-order valence-electron chi connectivity index (χ3n) is 11.1. The van der Waals surface area contributed by atoms with Gasteiger partial charge in [-0.25, -0.2) is 0 Å². The van der Waals surface area contributed by atoms with Crippen LogP contribution in [0.3, 0.4) is 0 Å². The Hall–Kier alpha value is -4.58. The van der Waals surface area contributed by atoms with Gasteiger partial charge in [0.25, 0.3) is 0 Å². The van der Waals surface area contributed by atoms with Gasteiger partial charge in [0.15, 0.2) is 0 Å². The minimum absolute atomic E-state index is 0.0758. The minimum Gasteiger partial charge on any atom is -0.490 e. The summed E-state index contributed by atoms with van der Waals surface area (Å²) in [4.78, 5) is 25.7. The lowest BCUT2D eigenvalue weighted by molar-refractivity contribution is -0.142. The van der Waals surface area contributed by atoms with Gasteiger partial charge in [0, 0.05) is 5.41 Å². The number of esters is 2. The summed E-state index contributed by atoms with van der Waals surface area (Å²) in [7, 11) is 0. The summed E-state index contributed by atoms with van der Waals surface area (Å²) >= 11 is 0. The summed E-state index contributed by atoms with van der Waals surface area (Å²) in [5, 5.41) is 0. The highest BCUT2D eigenvalue weighted by Gasteiger charge is 2.36. The Morgan fingerprint density at radius 1 is 0.604 bits per heavy atom. The van der Waals surface area contributed by atoms with E-state index in [-0.39, 0.29) is 35.0 Å². The van der Waals surface area contributed by atoms with Crippen molar-refractivity contribution in [1.82, 2.24) is 0 Å². The van der Waals surface area contributed by atoms with E-state index in [1.807, 2.05) is 88.4 Å². The van der Waals surface area contributed by atoms with Gasteiger partial charge in [-0.1, -0.05) is 102 Å². The normalized spacial score (nSPS) is 15.8. The van der Waals surface area contributed by atoms with Gasteiger partial charge < -0.3 is 18.9 Å². The van der Waals surface area contributed by atoms with Gasteiger partial charge >= 0.3 is 11.9 Å². The van der Waals surface area contributed by atoms with E-state index in [2.05, 4.69) is 57.2 Å². The standard InChI is InChI=1S/C47H58O6/c1-8-33(5)44(48)51-39-25-17-35(18-26-39)34-15-23-38(24-16-34)50-43(10-3)42(9-2)45(49)52-40-27-19-36(20-28-40)47(31-13-12-14-32-47)37-21-29-41(30-22-37)53-46(6,7)11-4/h15-30,33,42-43H,8-14,31-32H2,1-7H3. The molecule has 0 heterocycles. The first-order valence-corrected chi connectivity index (χ1v) is 19.7. The maximum Gasteiger partial charge on any atom is 0.318 e. The number of benzene rings is 4. The van der Waals surface area contributed by atoms with Gasteiger partial charge in [0.05, 0.1) is 11.8 Å². The molecule has 0 radical (unpaired) electrons. The zero-order valence-corrected chi connectivity index (χ0v) is 32.8. The zero-order chi connectivity index (χ0) is 38.0. The Balaban J connectivity index is 1.22. The fourth-order valence-corrected chi connectivity index (χ4v) is 7.20. The Bertz CT molecular complexity index is 1750. The monoisotopic (exact) mass is 718 g/mol. The van der Waals surface area contributed by atoms with Crippen LogP contribution in [0.2, 0.25) is 0 Å². The number of carbonyl (C=O) groups is 2. The molecule has 5 rings (SSSR count). The molecule has 0 saturated heterocycles. The Morgan fingerprint density at radius 3 is 1.55 bits per heavy atom. The largest absolute Gasteiger partial charge is 0.490 e. The summed E-state index contributed by atoms with van der Waals surface area (Å²) in [5.74, 6) is 1.62. The van der Waals surface area contributed by atoms with Crippen LogP contribution in [0.4, 0.5) is 0 Å². The fraction of sp³-hybridized carbons (Fsp3) is 0.447. The molecule has 0 aliphatic heterocycles. The van der Waals surface area contributed by atoms with Gasteiger partial charge in [-0.2, -0.15) is 0 Å². The van der Waals surface area contributed by atoms with Crippen molar-refractivity contribution in [3.63, 3.8) is 0 Å². The predicted molar refractivity (Wildman–Crippen MR) is 213 cm³/mol. The number of rotatable bonds is 16. The molecule has 1 fully saturated rings. The van der Waals surface area contributed by atoms with E-state index in [9.17, 15) is 9.59 Å². The van der Waals surface area contributed by atoms with E-state index < -0.39 is 5.92 Å². The van der Waals surface area contributed by atoms with E-state index >= 15 is 0 Å². The lowest BCUT2D eigenvalue weighted by Crippen LogP contribution is -2.35. The van der Waals surface area contributed by atoms with Crippen molar-refractivity contribution in [2.45, 2.75) is 123 Å². The van der Waals surface area contributed by atoms with Crippen LogP contribution in [0.25, 0.3) is 11.1 Å². The molecule has 0 aromatic heterocycles. The second-order valence-electron chi connectivity index (χ2n) is 15.2. The van der Waals surface area contributed by atoms with Crippen LogP contribution in [0.1, 0.15) is 117 Å². The number of hydrogen-bond donors (Lipinski definition) is 0. The van der Waals surface area contributed by atoms with Crippen LogP contribution < -0.4 is 18.9 Å². The van der Waals surface area contributed by atoms with Gasteiger partial charge in [-0.15, -0.1) is 0 Å². The number of carbonyl (C=O) groups excluding carboxylic acids is 2. The predicted octanol–water partition coefficient (Wildman–Crippen LogP) is 11.9. The SMILES string of the molecule is CCC(C)C(=O)Oc1ccc(-c2ccc(OC(CC)C(CC)C(=O)Oc3ccc(C4(c5ccc(OC(C)(C)CC)cc5)CCCCC4)cc3)cc2)cc1. The average molecular weight is 719 g/mol. The molecule has 0 spiro atoms. The fourth-order valence-electron chi connectivity index (χ4n) is 7.20. The van der Waals surface area contributed by atoms with Crippen molar-refractivity contribution in [2.75, 3.05) is 0 Å². The molecule has 3 unspecified atom stereocenters. The van der Waals surface area contributed by atoms with Crippen molar-refractivity contribution in [1.29, 1.82) is 0 Å². The summed E-state index contributed by atoms with van der Waals surface area (Å²) in [5.41, 5.74) is 4.30. The molecular formula is C47H58O6. The first-order valence-electron chi connectivity index (χ1n) is 19.7. The van der Waals surface area contributed by atoms with Crippen molar-refractivity contribution in [3.05, 3.63) is 108 Å². The highest BCUT2D eigenvalue weighted by Crippen LogP contribution is 2.46. The average Bonchev–Trinajstić information content (AvgIpc) is 3.18. The lowest BCUT2D eigenvalue weighted by Gasteiger charge is -2.39. The maximum atomic E-state index is 13.6. The summed E-state index contributed by atoms with van der Waals surface area (Å²) in [6.45, 7) is 14.3. The molecule has 282 valence electrons. The molecule has 1 saturated carbocycles. The first-order chi connectivity index (χ1) is 25.5. The molecule has 0 amide bonds. The van der Waals surface area contributed by atoms with Crippen molar-refractivity contribution in [2.24, 2.45) is 11.8 Å². The topological polar surface area (TPSA) is 71.1 Å². The van der Waals surface area contributed by atoms with Crippen LogP contribution in [0.5, 0.6) is 23.0 Å². The minimum atomic E-state index is -0.423. The van der Waals surface area contributed by atoms with E-state index in [4.69, 9.17) is 18.9 Å². The quantitative estimate of drug-likeness (QED) is 0.0848. The Morgan fingerprint density at radius 2 is 1.08 bits per heavy atom. The highest BCUT2D eigenvalue weighted by molar-refractivity contribution is 5.76. The number of ether oxygens (including phenoxy) is 4. The Kier molecular flexibility index (Phi) is 13.4. The van der Waals surface area contributed by atoms with Gasteiger partial charge in [0.1, 0.15) is 34.7 Å². The van der Waals surface area contributed by atoms with Crippen molar-refractivity contribution >= 4 is 11.9 Å². The Labute approximate surface area is 317 Å². The molecule has 4 aromatic rings. The van der Waals surface area contributed by atoms with Gasteiger partial charge in [-0.3, -0.25) is 9.59 Å². The summed E-state index contributed by atoms with van der Waals surface area (Å²) in [6, 6.07) is 32.2. The second-order valence-corrected chi connectivity index (χ2v) is 15.2. The van der Waals surface area contributed by atoms with Crippen LogP contribution in [-0.2, 0) is 15.0 Å². The first kappa shape index (κ1) is 39.6. The summed E-state index contributed by atoms with van der Waals surface area (Å²) in [6.07, 6.45) is 8.39. The summed E-state index contributed by atoms with van der Waals surface area (Å²) < 4.78 is 24.1. The lowest BCUT2D eigenvalue weighted by atomic mass is 9.65. The van der Waals surface area contributed by atoms with Gasteiger partial charge in [0.2, 0.25) is 0 Å². The van der Waals surface area contributed by atoms with Crippen LogP contribution in [-0.4, -0.2) is 23.6 Å². The van der Waals surface area contributed by atoms with E-state index in [0.29, 0.717) is 30.1 Å². The highest BCUT2D eigenvalue weighted by atomic mass is 16.5. The van der Waals surface area contributed by atoms with E-state index in [1.165, 1.54) is 30.4 Å². The maximum absolute atomic E-state index is 13.6.